The molecular formula is C15H12N2O2. The molecule has 0 saturated carbocycles. The molecule has 0 atom stereocenters. The van der Waals surface area contributed by atoms with Crippen molar-refractivity contribution in [1.29, 1.82) is 0 Å². The van der Waals surface area contributed by atoms with Gasteiger partial charge in [-0.05, 0) is 36.4 Å². The van der Waals surface area contributed by atoms with Gasteiger partial charge in [-0.25, -0.2) is 4.98 Å². The summed E-state index contributed by atoms with van der Waals surface area (Å²) in [4.78, 5) is 8.27. The third kappa shape index (κ3) is 2.33. The van der Waals surface area contributed by atoms with E-state index in [9.17, 15) is 0 Å². The zero-order chi connectivity index (χ0) is 13.1. The Labute approximate surface area is 110 Å². The molecule has 3 aromatic rings. The summed E-state index contributed by atoms with van der Waals surface area (Å²) in [7, 11) is 1.64. The molecule has 0 N–H and O–H groups in total. The van der Waals surface area contributed by atoms with Crippen molar-refractivity contribution in [3.05, 3.63) is 55.0 Å². The summed E-state index contributed by atoms with van der Waals surface area (Å²) in [5.74, 6) is 2.13. The quantitative estimate of drug-likeness (QED) is 0.716. The molecule has 0 saturated heterocycles. The summed E-state index contributed by atoms with van der Waals surface area (Å²) >= 11 is 0. The van der Waals surface area contributed by atoms with Crippen LogP contribution in [0.5, 0.6) is 5.75 Å². The summed E-state index contributed by atoms with van der Waals surface area (Å²) < 4.78 is 10.9. The lowest BCUT2D eigenvalue weighted by Crippen LogP contribution is -1.82. The van der Waals surface area contributed by atoms with Crippen molar-refractivity contribution in [2.45, 2.75) is 0 Å². The highest BCUT2D eigenvalue weighted by molar-refractivity contribution is 5.60. The number of ether oxygens (including phenoxy) is 1. The van der Waals surface area contributed by atoms with Crippen molar-refractivity contribution < 1.29 is 9.15 Å². The van der Waals surface area contributed by atoms with Crippen LogP contribution < -0.4 is 4.74 Å². The van der Waals surface area contributed by atoms with E-state index in [1.165, 1.54) is 0 Å². The minimum Gasteiger partial charge on any atom is -0.497 e. The second kappa shape index (κ2) is 4.94. The molecule has 94 valence electrons. The SMILES string of the molecule is COc1ccc(-c2ncc(-c3ccncc3)o2)cc1. The first kappa shape index (κ1) is 11.5. The topological polar surface area (TPSA) is 48.2 Å². The van der Waals surface area contributed by atoms with Gasteiger partial charge < -0.3 is 9.15 Å². The maximum absolute atomic E-state index is 5.75. The second-order valence-corrected chi connectivity index (χ2v) is 3.99. The number of rotatable bonds is 3. The van der Waals surface area contributed by atoms with Crippen molar-refractivity contribution in [2.75, 3.05) is 7.11 Å². The van der Waals surface area contributed by atoms with E-state index in [0.717, 1.165) is 22.6 Å². The number of hydrogen-bond donors (Lipinski definition) is 0. The Bertz CT molecular complexity index is 660. The van der Waals surface area contributed by atoms with Crippen molar-refractivity contribution >= 4 is 0 Å². The zero-order valence-corrected chi connectivity index (χ0v) is 10.4. The molecule has 0 bridgehead atoms. The Kier molecular flexibility index (Phi) is 2.98. The molecule has 0 aliphatic rings. The van der Waals surface area contributed by atoms with Gasteiger partial charge in [0.2, 0.25) is 5.89 Å². The molecule has 0 radical (unpaired) electrons. The maximum Gasteiger partial charge on any atom is 0.226 e. The molecule has 2 heterocycles. The van der Waals surface area contributed by atoms with Crippen LogP contribution in [0, 0.1) is 0 Å². The van der Waals surface area contributed by atoms with E-state index in [1.54, 1.807) is 25.7 Å². The summed E-state index contributed by atoms with van der Waals surface area (Å²) in [5, 5.41) is 0. The third-order valence-electron chi connectivity index (χ3n) is 2.81. The van der Waals surface area contributed by atoms with Gasteiger partial charge in [0.15, 0.2) is 5.76 Å². The lowest BCUT2D eigenvalue weighted by molar-refractivity contribution is 0.415. The highest BCUT2D eigenvalue weighted by atomic mass is 16.5. The molecule has 4 nitrogen and oxygen atoms in total. The predicted molar refractivity (Wildman–Crippen MR) is 71.7 cm³/mol. The summed E-state index contributed by atoms with van der Waals surface area (Å²) in [6.45, 7) is 0. The van der Waals surface area contributed by atoms with E-state index < -0.39 is 0 Å². The van der Waals surface area contributed by atoms with Gasteiger partial charge in [-0.2, -0.15) is 0 Å². The normalized spacial score (nSPS) is 10.4. The molecule has 0 amide bonds. The predicted octanol–water partition coefficient (Wildman–Crippen LogP) is 3.41. The van der Waals surface area contributed by atoms with Gasteiger partial charge in [-0.1, -0.05) is 0 Å². The van der Waals surface area contributed by atoms with Crippen molar-refractivity contribution in [2.24, 2.45) is 0 Å². The van der Waals surface area contributed by atoms with Crippen LogP contribution in [0.4, 0.5) is 0 Å². The van der Waals surface area contributed by atoms with Gasteiger partial charge in [0, 0.05) is 23.5 Å². The number of oxazole rings is 1. The Morgan fingerprint density at radius 2 is 1.68 bits per heavy atom. The van der Waals surface area contributed by atoms with Gasteiger partial charge in [-0.15, -0.1) is 0 Å². The van der Waals surface area contributed by atoms with Crippen molar-refractivity contribution in [3.8, 4) is 28.5 Å². The highest BCUT2D eigenvalue weighted by Crippen LogP contribution is 2.26. The van der Waals surface area contributed by atoms with Crippen LogP contribution >= 0.6 is 0 Å². The average molecular weight is 252 g/mol. The number of methoxy groups -OCH3 is 1. The van der Waals surface area contributed by atoms with E-state index in [0.29, 0.717) is 5.89 Å². The molecule has 0 unspecified atom stereocenters. The lowest BCUT2D eigenvalue weighted by Gasteiger charge is -2.00. The van der Waals surface area contributed by atoms with Gasteiger partial charge in [0.1, 0.15) is 5.75 Å². The molecular weight excluding hydrogens is 240 g/mol. The molecule has 0 spiro atoms. The number of hydrogen-bond acceptors (Lipinski definition) is 4. The Balaban J connectivity index is 1.92. The molecule has 0 aliphatic heterocycles. The van der Waals surface area contributed by atoms with E-state index in [4.69, 9.17) is 9.15 Å². The summed E-state index contributed by atoms with van der Waals surface area (Å²) in [5.41, 5.74) is 1.88. The van der Waals surface area contributed by atoms with Gasteiger partial charge >= 0.3 is 0 Å². The van der Waals surface area contributed by atoms with E-state index in [-0.39, 0.29) is 0 Å². The molecule has 2 aromatic heterocycles. The molecule has 0 aliphatic carbocycles. The first-order chi connectivity index (χ1) is 9.36. The fourth-order valence-electron chi connectivity index (χ4n) is 1.79. The fraction of sp³-hybridized carbons (Fsp3) is 0.0667. The smallest absolute Gasteiger partial charge is 0.226 e. The van der Waals surface area contributed by atoms with E-state index >= 15 is 0 Å². The average Bonchev–Trinajstić information content (AvgIpc) is 2.98. The van der Waals surface area contributed by atoms with Gasteiger partial charge in [0.05, 0.1) is 13.3 Å². The Morgan fingerprint density at radius 3 is 2.37 bits per heavy atom. The first-order valence-electron chi connectivity index (χ1n) is 5.87. The van der Waals surface area contributed by atoms with Crippen LogP contribution in [0.15, 0.2) is 59.4 Å². The van der Waals surface area contributed by atoms with E-state index in [2.05, 4.69) is 9.97 Å². The van der Waals surface area contributed by atoms with Crippen LogP contribution in [0.3, 0.4) is 0 Å². The number of nitrogens with zero attached hydrogens (tertiary/aromatic N) is 2. The maximum atomic E-state index is 5.75. The van der Waals surface area contributed by atoms with E-state index in [1.807, 2.05) is 36.4 Å². The first-order valence-corrected chi connectivity index (χ1v) is 5.87. The molecule has 19 heavy (non-hydrogen) atoms. The molecule has 4 heteroatoms. The minimum atomic E-state index is 0.592. The van der Waals surface area contributed by atoms with Crippen molar-refractivity contribution in [1.82, 2.24) is 9.97 Å². The highest BCUT2D eigenvalue weighted by Gasteiger charge is 2.08. The Morgan fingerprint density at radius 1 is 0.947 bits per heavy atom. The Hall–Kier alpha value is -2.62. The largest absolute Gasteiger partial charge is 0.497 e. The standard InChI is InChI=1S/C15H12N2O2/c1-18-13-4-2-12(3-5-13)15-17-10-14(19-15)11-6-8-16-9-7-11/h2-10H,1H3. The summed E-state index contributed by atoms with van der Waals surface area (Å²) in [6.07, 6.45) is 5.17. The molecule has 0 fully saturated rings. The molecule has 1 aromatic carbocycles. The third-order valence-corrected chi connectivity index (χ3v) is 2.81. The van der Waals surface area contributed by atoms with Crippen LogP contribution in [0.2, 0.25) is 0 Å². The minimum absolute atomic E-state index is 0.592. The zero-order valence-electron chi connectivity index (χ0n) is 10.4. The van der Waals surface area contributed by atoms with Crippen LogP contribution in [-0.2, 0) is 0 Å². The lowest BCUT2D eigenvalue weighted by atomic mass is 10.2. The molecule has 3 rings (SSSR count). The van der Waals surface area contributed by atoms with Crippen LogP contribution in [0.1, 0.15) is 0 Å². The number of pyridine rings is 1. The monoisotopic (exact) mass is 252 g/mol. The fourth-order valence-corrected chi connectivity index (χ4v) is 1.79. The van der Waals surface area contributed by atoms with Gasteiger partial charge in [0.25, 0.3) is 0 Å². The van der Waals surface area contributed by atoms with Crippen LogP contribution in [-0.4, -0.2) is 17.1 Å². The number of benzene rings is 1. The number of aromatic nitrogens is 2. The van der Waals surface area contributed by atoms with Crippen LogP contribution in [0.25, 0.3) is 22.8 Å². The van der Waals surface area contributed by atoms with Crippen molar-refractivity contribution in [3.63, 3.8) is 0 Å². The summed E-state index contributed by atoms with van der Waals surface area (Å²) in [6, 6.07) is 11.4. The second-order valence-electron chi connectivity index (χ2n) is 3.99. The van der Waals surface area contributed by atoms with Gasteiger partial charge in [-0.3, -0.25) is 4.98 Å².